The molecule has 0 amide bonds. The lowest BCUT2D eigenvalue weighted by Crippen LogP contribution is -2.11. The quantitative estimate of drug-likeness (QED) is 0.673. The van der Waals surface area contributed by atoms with Gasteiger partial charge in [0.2, 0.25) is 5.95 Å². The molecule has 0 aliphatic carbocycles. The molecule has 0 aliphatic rings. The summed E-state index contributed by atoms with van der Waals surface area (Å²) < 4.78 is 38.2. The monoisotopic (exact) mass is 404 g/mol. The normalized spacial score (nSPS) is 11.1. The highest BCUT2D eigenvalue weighted by atomic mass is 35.5. The van der Waals surface area contributed by atoms with Gasteiger partial charge in [-0.15, -0.1) is 0 Å². The Morgan fingerprint density at radius 1 is 1.18 bits per heavy atom. The van der Waals surface area contributed by atoms with Gasteiger partial charge >= 0.3 is 6.18 Å². The zero-order valence-electron chi connectivity index (χ0n) is 14.1. The molecule has 0 saturated carbocycles. The van der Waals surface area contributed by atoms with E-state index in [4.69, 9.17) is 17.3 Å². The molecule has 3 rings (SSSR count). The number of nitrogen functional groups attached to an aromatic ring is 1. The van der Waals surface area contributed by atoms with Crippen LogP contribution in [0.2, 0.25) is 5.02 Å². The van der Waals surface area contributed by atoms with E-state index < -0.39 is 11.7 Å². The van der Waals surface area contributed by atoms with Crippen LogP contribution in [0.4, 0.5) is 24.9 Å². The van der Waals surface area contributed by atoms with Crippen LogP contribution in [-0.2, 0) is 12.7 Å². The fraction of sp³-hybridized carbons (Fsp3) is 0.111. The van der Waals surface area contributed by atoms with Crippen LogP contribution in [-0.4, -0.2) is 15.0 Å². The lowest BCUT2D eigenvalue weighted by molar-refractivity contribution is -0.137. The molecule has 0 radical (unpaired) electrons. The number of rotatable bonds is 4. The summed E-state index contributed by atoms with van der Waals surface area (Å²) >= 11 is 5.91. The molecule has 3 N–H and O–H groups in total. The van der Waals surface area contributed by atoms with Gasteiger partial charge in [0.25, 0.3) is 0 Å². The molecular weight excluding hydrogens is 393 g/mol. The average Bonchev–Trinajstić information content (AvgIpc) is 2.66. The van der Waals surface area contributed by atoms with Crippen molar-refractivity contribution in [1.29, 1.82) is 5.26 Å². The number of anilines is 2. The number of benzene rings is 1. The van der Waals surface area contributed by atoms with E-state index in [1.54, 1.807) is 24.3 Å². The Bertz CT molecular complexity index is 1050. The van der Waals surface area contributed by atoms with Crippen LogP contribution in [0.25, 0.3) is 11.3 Å². The molecule has 0 saturated heterocycles. The van der Waals surface area contributed by atoms with Crippen molar-refractivity contribution in [3.05, 3.63) is 64.4 Å². The summed E-state index contributed by atoms with van der Waals surface area (Å²) in [5.41, 5.74) is 6.11. The van der Waals surface area contributed by atoms with Crippen molar-refractivity contribution in [2.75, 3.05) is 11.1 Å². The van der Waals surface area contributed by atoms with E-state index in [0.29, 0.717) is 17.5 Å². The fourth-order valence-electron chi connectivity index (χ4n) is 2.44. The van der Waals surface area contributed by atoms with Crippen LogP contribution in [0.5, 0.6) is 0 Å². The van der Waals surface area contributed by atoms with Crippen LogP contribution in [0.1, 0.15) is 16.8 Å². The molecule has 0 spiro atoms. The van der Waals surface area contributed by atoms with Gasteiger partial charge in [-0.25, -0.2) is 4.98 Å². The van der Waals surface area contributed by atoms with Crippen molar-refractivity contribution >= 4 is 23.4 Å². The van der Waals surface area contributed by atoms with E-state index in [2.05, 4.69) is 20.3 Å². The highest BCUT2D eigenvalue weighted by Gasteiger charge is 2.31. The Morgan fingerprint density at radius 2 is 1.89 bits per heavy atom. The number of alkyl halides is 3. The molecule has 0 atom stereocenters. The zero-order chi connectivity index (χ0) is 20.3. The van der Waals surface area contributed by atoms with Gasteiger partial charge in [-0.2, -0.15) is 23.4 Å². The average molecular weight is 405 g/mol. The molecule has 3 aromatic rings. The highest BCUT2D eigenvalue weighted by Crippen LogP contribution is 2.31. The molecule has 1 aromatic carbocycles. The summed E-state index contributed by atoms with van der Waals surface area (Å²) in [6.45, 7) is -0.0592. The number of aromatic nitrogens is 3. The Balaban J connectivity index is 1.92. The number of nitrogens with one attached hydrogen (secondary N) is 1. The third-order valence-corrected chi connectivity index (χ3v) is 4.08. The van der Waals surface area contributed by atoms with Gasteiger partial charge in [-0.1, -0.05) is 41.9 Å². The third kappa shape index (κ3) is 4.13. The predicted molar refractivity (Wildman–Crippen MR) is 98.2 cm³/mol. The second-order valence-corrected chi connectivity index (χ2v) is 6.04. The van der Waals surface area contributed by atoms with Crippen LogP contribution in [0.3, 0.4) is 0 Å². The summed E-state index contributed by atoms with van der Waals surface area (Å²) in [5.74, 6) is 0.0680. The summed E-state index contributed by atoms with van der Waals surface area (Å²) in [6.07, 6.45) is -3.85. The maximum absolute atomic E-state index is 12.7. The van der Waals surface area contributed by atoms with Crippen molar-refractivity contribution < 1.29 is 13.2 Å². The Morgan fingerprint density at radius 3 is 2.50 bits per heavy atom. The van der Waals surface area contributed by atoms with E-state index in [0.717, 1.165) is 6.07 Å². The van der Waals surface area contributed by atoms with Gasteiger partial charge in [-0.3, -0.25) is 4.98 Å². The second kappa shape index (κ2) is 7.70. The van der Waals surface area contributed by atoms with Crippen LogP contribution in [0.15, 0.2) is 42.6 Å². The van der Waals surface area contributed by atoms with Crippen molar-refractivity contribution in [1.82, 2.24) is 15.0 Å². The predicted octanol–water partition coefficient (Wildman–Crippen LogP) is 4.28. The number of pyridine rings is 1. The van der Waals surface area contributed by atoms with Crippen molar-refractivity contribution in [3.8, 4) is 17.3 Å². The minimum Gasteiger partial charge on any atom is -0.368 e. The van der Waals surface area contributed by atoms with E-state index in [1.165, 1.54) is 0 Å². The maximum atomic E-state index is 12.7. The van der Waals surface area contributed by atoms with Crippen molar-refractivity contribution in [3.63, 3.8) is 0 Å². The number of hydrogen-bond donors (Lipinski definition) is 2. The number of nitriles is 1. The smallest absolute Gasteiger partial charge is 0.368 e. The Labute approximate surface area is 162 Å². The molecule has 0 fully saturated rings. The van der Waals surface area contributed by atoms with Crippen LogP contribution >= 0.6 is 11.6 Å². The van der Waals surface area contributed by atoms with Crippen LogP contribution < -0.4 is 11.1 Å². The number of nitrogens with zero attached hydrogens (tertiary/aromatic N) is 4. The first kappa shape index (κ1) is 19.4. The summed E-state index contributed by atoms with van der Waals surface area (Å²) in [4.78, 5) is 11.9. The summed E-state index contributed by atoms with van der Waals surface area (Å²) in [7, 11) is 0. The largest absolute Gasteiger partial charge is 0.417 e. The topological polar surface area (TPSA) is 101 Å². The molecule has 0 bridgehead atoms. The first-order valence-corrected chi connectivity index (χ1v) is 8.26. The lowest BCUT2D eigenvalue weighted by atomic mass is 10.1. The molecular formula is C18H12ClF3N6. The molecule has 28 heavy (non-hydrogen) atoms. The minimum atomic E-state index is -4.54. The standard InChI is InChI=1S/C18H12ClF3N6/c19-13-6-11(18(20,21)22)8-25-14(13)9-26-16-12(7-23)15(27-17(24)28-16)10-4-2-1-3-5-10/h1-6,8H,9H2,(H3,24,26,27,28). The van der Waals surface area contributed by atoms with Gasteiger partial charge in [0.1, 0.15) is 11.6 Å². The van der Waals surface area contributed by atoms with Gasteiger partial charge < -0.3 is 11.1 Å². The summed E-state index contributed by atoms with van der Waals surface area (Å²) in [6, 6.07) is 11.7. The van der Waals surface area contributed by atoms with E-state index in [1.807, 2.05) is 12.1 Å². The SMILES string of the molecule is N#Cc1c(NCc2ncc(C(F)(F)F)cc2Cl)nc(N)nc1-c1ccccc1. The first-order valence-electron chi connectivity index (χ1n) is 7.88. The molecule has 10 heteroatoms. The van der Waals surface area contributed by atoms with Gasteiger partial charge in [0.15, 0.2) is 5.82 Å². The van der Waals surface area contributed by atoms with Gasteiger partial charge in [-0.05, 0) is 6.07 Å². The molecule has 0 unspecified atom stereocenters. The lowest BCUT2D eigenvalue weighted by Gasteiger charge is -2.13. The Hall–Kier alpha value is -3.38. The molecule has 6 nitrogen and oxygen atoms in total. The fourth-order valence-corrected chi connectivity index (χ4v) is 2.67. The maximum Gasteiger partial charge on any atom is 0.417 e. The van der Waals surface area contributed by atoms with Gasteiger partial charge in [0, 0.05) is 11.8 Å². The van der Waals surface area contributed by atoms with Crippen LogP contribution in [0, 0.1) is 11.3 Å². The second-order valence-electron chi connectivity index (χ2n) is 5.64. The van der Waals surface area contributed by atoms with Crippen molar-refractivity contribution in [2.24, 2.45) is 0 Å². The zero-order valence-corrected chi connectivity index (χ0v) is 14.9. The third-order valence-electron chi connectivity index (χ3n) is 3.75. The number of hydrogen-bond acceptors (Lipinski definition) is 6. The van der Waals surface area contributed by atoms with E-state index in [9.17, 15) is 18.4 Å². The number of nitrogens with two attached hydrogens (primary N) is 1. The summed E-state index contributed by atoms with van der Waals surface area (Å²) in [5, 5.41) is 12.2. The van der Waals surface area contributed by atoms with Crippen molar-refractivity contribution in [2.45, 2.75) is 12.7 Å². The van der Waals surface area contributed by atoms with E-state index in [-0.39, 0.29) is 34.6 Å². The molecule has 2 aromatic heterocycles. The molecule has 2 heterocycles. The van der Waals surface area contributed by atoms with E-state index >= 15 is 0 Å². The highest BCUT2D eigenvalue weighted by molar-refractivity contribution is 6.31. The number of halogens is 4. The van der Waals surface area contributed by atoms with Gasteiger partial charge in [0.05, 0.1) is 28.5 Å². The first-order chi connectivity index (χ1) is 13.3. The minimum absolute atomic E-state index is 0.0592. The Kier molecular flexibility index (Phi) is 5.33. The molecule has 0 aliphatic heterocycles. The molecule has 142 valence electrons.